The van der Waals surface area contributed by atoms with Gasteiger partial charge in [-0.05, 0) is 78.1 Å². The molecule has 2 atom stereocenters. The van der Waals surface area contributed by atoms with E-state index in [9.17, 15) is 9.59 Å². The standard InChI is InChI=1S/C32H45N3O6/c1-23-17-26(19-25-21-34(29(37)40-31(2,3)4)22-27(25)39-16-12-11-15-36)33-28(18-23)35(30(38)41-32(5,6)7)20-24-13-9-8-10-14-24/h8-14,17-18,25,27,36H,15-16,19-22H2,1-7H3/b12-11-/t25-,27+/m1/s1. The number of hydrogen-bond donors (Lipinski definition) is 1. The summed E-state index contributed by atoms with van der Waals surface area (Å²) in [6.45, 7) is 14.4. The van der Waals surface area contributed by atoms with Crippen molar-refractivity contribution in [3.63, 3.8) is 0 Å². The third-order valence-corrected chi connectivity index (χ3v) is 6.27. The molecule has 9 heteroatoms. The summed E-state index contributed by atoms with van der Waals surface area (Å²) in [6.07, 6.45) is 2.83. The average Bonchev–Trinajstić information content (AvgIpc) is 3.26. The van der Waals surface area contributed by atoms with E-state index in [1.54, 1.807) is 22.0 Å². The number of aliphatic hydroxyl groups is 1. The maximum atomic E-state index is 13.3. The third kappa shape index (κ3) is 10.5. The Morgan fingerprint density at radius 3 is 2.34 bits per heavy atom. The quantitative estimate of drug-likeness (QED) is 0.389. The van der Waals surface area contributed by atoms with Gasteiger partial charge in [0.2, 0.25) is 0 Å². The second kappa shape index (κ2) is 14.0. The Balaban J connectivity index is 1.87. The highest BCUT2D eigenvalue weighted by Crippen LogP contribution is 2.28. The molecule has 0 radical (unpaired) electrons. The number of benzene rings is 1. The fraction of sp³-hybridized carbons (Fsp3) is 0.531. The Morgan fingerprint density at radius 2 is 1.71 bits per heavy atom. The number of rotatable bonds is 9. The molecule has 3 rings (SSSR count). The van der Waals surface area contributed by atoms with Crippen LogP contribution in [0.4, 0.5) is 15.4 Å². The van der Waals surface area contributed by atoms with Gasteiger partial charge < -0.3 is 24.2 Å². The van der Waals surface area contributed by atoms with Gasteiger partial charge in [0.1, 0.15) is 17.0 Å². The van der Waals surface area contributed by atoms with Gasteiger partial charge >= 0.3 is 12.2 Å². The highest BCUT2D eigenvalue weighted by Gasteiger charge is 2.38. The Bertz CT molecular complexity index is 1190. The molecular weight excluding hydrogens is 522 g/mol. The number of hydrogen-bond acceptors (Lipinski definition) is 7. The number of amides is 2. The molecular formula is C32H45N3O6. The second-order valence-electron chi connectivity index (χ2n) is 12.4. The average molecular weight is 568 g/mol. The van der Waals surface area contributed by atoms with Crippen molar-refractivity contribution < 1.29 is 28.9 Å². The minimum atomic E-state index is -0.664. The summed E-state index contributed by atoms with van der Waals surface area (Å²) in [5.41, 5.74) is 1.43. The van der Waals surface area contributed by atoms with E-state index in [-0.39, 0.29) is 24.7 Å². The van der Waals surface area contributed by atoms with Gasteiger partial charge in [-0.1, -0.05) is 42.5 Å². The highest BCUT2D eigenvalue weighted by atomic mass is 16.6. The summed E-state index contributed by atoms with van der Waals surface area (Å²) in [7, 11) is 0. The van der Waals surface area contributed by atoms with E-state index in [4.69, 9.17) is 24.3 Å². The normalized spacial score (nSPS) is 17.6. The SMILES string of the molecule is Cc1cc(C[C@@H]2CN(C(=O)OC(C)(C)C)C[C@@H]2OC/C=C\CO)nc(N(Cc2ccccc2)C(=O)OC(C)(C)C)c1. The van der Waals surface area contributed by atoms with Crippen molar-refractivity contribution in [1.29, 1.82) is 0 Å². The molecule has 1 aromatic carbocycles. The number of pyridine rings is 1. The van der Waals surface area contributed by atoms with Crippen LogP contribution in [0.15, 0.2) is 54.6 Å². The number of carbonyl (C=O) groups is 2. The van der Waals surface area contributed by atoms with Gasteiger partial charge in [-0.3, -0.25) is 4.90 Å². The molecule has 1 saturated heterocycles. The van der Waals surface area contributed by atoms with E-state index in [0.29, 0.717) is 38.5 Å². The van der Waals surface area contributed by atoms with Crippen LogP contribution in [0, 0.1) is 12.8 Å². The van der Waals surface area contributed by atoms with E-state index in [2.05, 4.69) is 0 Å². The molecule has 1 fully saturated rings. The van der Waals surface area contributed by atoms with Crippen LogP contribution in [0.3, 0.4) is 0 Å². The molecule has 224 valence electrons. The lowest BCUT2D eigenvalue weighted by Gasteiger charge is -2.27. The summed E-state index contributed by atoms with van der Waals surface area (Å²) in [5.74, 6) is 0.458. The van der Waals surface area contributed by atoms with Crippen molar-refractivity contribution in [3.05, 3.63) is 71.4 Å². The zero-order valence-corrected chi connectivity index (χ0v) is 25.4. The Hall–Kier alpha value is -3.43. The van der Waals surface area contributed by atoms with Gasteiger partial charge in [0.25, 0.3) is 0 Å². The lowest BCUT2D eigenvalue weighted by atomic mass is 9.98. The maximum absolute atomic E-state index is 13.3. The summed E-state index contributed by atoms with van der Waals surface area (Å²) >= 11 is 0. The van der Waals surface area contributed by atoms with Gasteiger partial charge in [-0.15, -0.1) is 0 Å². The van der Waals surface area contributed by atoms with Crippen molar-refractivity contribution in [2.75, 3.05) is 31.2 Å². The summed E-state index contributed by atoms with van der Waals surface area (Å²) < 4.78 is 17.5. The number of anilines is 1. The lowest BCUT2D eigenvalue weighted by molar-refractivity contribution is 0.0225. The molecule has 2 aromatic rings. The van der Waals surface area contributed by atoms with Crippen LogP contribution in [0.25, 0.3) is 0 Å². The first-order valence-corrected chi connectivity index (χ1v) is 14.1. The van der Waals surface area contributed by atoms with Crippen molar-refractivity contribution in [2.45, 2.75) is 78.7 Å². The number of aliphatic hydroxyl groups excluding tert-OH is 1. The van der Waals surface area contributed by atoms with Crippen LogP contribution in [-0.4, -0.2) is 70.8 Å². The zero-order chi connectivity index (χ0) is 30.2. The lowest BCUT2D eigenvalue weighted by Crippen LogP contribution is -2.37. The Labute approximate surface area is 244 Å². The number of aromatic nitrogens is 1. The van der Waals surface area contributed by atoms with Crippen molar-refractivity contribution in [1.82, 2.24) is 9.88 Å². The fourth-order valence-corrected chi connectivity index (χ4v) is 4.58. The molecule has 0 saturated carbocycles. The molecule has 0 spiro atoms. The summed E-state index contributed by atoms with van der Waals surface area (Å²) in [5, 5.41) is 9.06. The third-order valence-electron chi connectivity index (χ3n) is 6.27. The number of likely N-dealkylation sites (tertiary alicyclic amines) is 1. The van der Waals surface area contributed by atoms with Gasteiger partial charge in [-0.2, -0.15) is 0 Å². The molecule has 41 heavy (non-hydrogen) atoms. The van der Waals surface area contributed by atoms with Gasteiger partial charge in [0, 0.05) is 18.2 Å². The predicted molar refractivity (Wildman–Crippen MR) is 159 cm³/mol. The van der Waals surface area contributed by atoms with Crippen molar-refractivity contribution in [2.24, 2.45) is 5.92 Å². The van der Waals surface area contributed by atoms with E-state index < -0.39 is 17.3 Å². The summed E-state index contributed by atoms with van der Waals surface area (Å²) in [4.78, 5) is 34.4. The molecule has 0 aliphatic carbocycles. The highest BCUT2D eigenvalue weighted by molar-refractivity contribution is 5.86. The van der Waals surface area contributed by atoms with Gasteiger partial charge in [0.05, 0.1) is 32.4 Å². The van der Waals surface area contributed by atoms with E-state index in [1.165, 1.54) is 0 Å². The Morgan fingerprint density at radius 1 is 1.02 bits per heavy atom. The van der Waals surface area contributed by atoms with Crippen LogP contribution >= 0.6 is 0 Å². The first-order valence-electron chi connectivity index (χ1n) is 14.1. The van der Waals surface area contributed by atoms with Crippen LogP contribution < -0.4 is 4.90 Å². The first-order chi connectivity index (χ1) is 19.2. The largest absolute Gasteiger partial charge is 0.444 e. The monoisotopic (exact) mass is 567 g/mol. The van der Waals surface area contributed by atoms with Crippen LogP contribution in [-0.2, 0) is 27.2 Å². The minimum Gasteiger partial charge on any atom is -0.444 e. The molecule has 1 aliphatic heterocycles. The Kier molecular flexibility index (Phi) is 10.9. The summed E-state index contributed by atoms with van der Waals surface area (Å²) in [6, 6.07) is 13.6. The number of nitrogens with zero attached hydrogens (tertiary/aromatic N) is 3. The zero-order valence-electron chi connectivity index (χ0n) is 25.4. The maximum Gasteiger partial charge on any atom is 0.416 e. The first kappa shape index (κ1) is 32.1. The molecule has 1 aromatic heterocycles. The fourth-order valence-electron chi connectivity index (χ4n) is 4.58. The van der Waals surface area contributed by atoms with Crippen LogP contribution in [0.1, 0.15) is 58.4 Å². The van der Waals surface area contributed by atoms with Crippen LogP contribution in [0.5, 0.6) is 0 Å². The molecule has 1 aliphatic rings. The molecule has 1 N–H and O–H groups in total. The van der Waals surface area contributed by atoms with E-state index in [0.717, 1.165) is 16.8 Å². The minimum absolute atomic E-state index is 0.0451. The second-order valence-corrected chi connectivity index (χ2v) is 12.4. The smallest absolute Gasteiger partial charge is 0.416 e. The predicted octanol–water partition coefficient (Wildman–Crippen LogP) is 5.67. The number of carbonyl (C=O) groups excluding carboxylic acids is 2. The van der Waals surface area contributed by atoms with Crippen molar-refractivity contribution in [3.8, 4) is 0 Å². The molecule has 9 nitrogen and oxygen atoms in total. The van der Waals surface area contributed by atoms with E-state index in [1.807, 2.05) is 90.9 Å². The molecule has 0 unspecified atom stereocenters. The van der Waals surface area contributed by atoms with E-state index >= 15 is 0 Å². The molecule has 0 bridgehead atoms. The number of aryl methyl sites for hydroxylation is 1. The number of ether oxygens (including phenoxy) is 3. The van der Waals surface area contributed by atoms with Crippen molar-refractivity contribution >= 4 is 18.0 Å². The molecule has 2 heterocycles. The molecule has 2 amide bonds. The van der Waals surface area contributed by atoms with Gasteiger partial charge in [-0.25, -0.2) is 14.6 Å². The van der Waals surface area contributed by atoms with Crippen LogP contribution in [0.2, 0.25) is 0 Å². The topological polar surface area (TPSA) is 101 Å². The van der Waals surface area contributed by atoms with Gasteiger partial charge in [0.15, 0.2) is 0 Å².